The van der Waals surface area contributed by atoms with E-state index in [4.69, 9.17) is 0 Å². The molecule has 4 rings (SSSR count). The zero-order chi connectivity index (χ0) is 21.0. The molecule has 4 aliphatic rings. The number of hydrogen-bond acceptors (Lipinski definition) is 1. The lowest BCUT2D eigenvalue weighted by Gasteiger charge is -2.58. The molecule has 0 saturated heterocycles. The summed E-state index contributed by atoms with van der Waals surface area (Å²) < 4.78 is 0. The molecule has 0 spiro atoms. The predicted molar refractivity (Wildman–Crippen MR) is 124 cm³/mol. The largest absolute Gasteiger partial charge is 0.393 e. The van der Waals surface area contributed by atoms with Gasteiger partial charge in [0.2, 0.25) is 0 Å². The molecule has 4 unspecified atom stereocenters. The van der Waals surface area contributed by atoms with Crippen molar-refractivity contribution >= 4 is 0 Å². The summed E-state index contributed by atoms with van der Waals surface area (Å²) in [5.74, 6) is 6.24. The Morgan fingerprint density at radius 1 is 0.966 bits per heavy atom. The van der Waals surface area contributed by atoms with Gasteiger partial charge in [-0.25, -0.2) is 0 Å². The molecule has 1 nitrogen and oxygen atoms in total. The van der Waals surface area contributed by atoms with Crippen LogP contribution in [0.2, 0.25) is 0 Å². The van der Waals surface area contributed by atoms with E-state index < -0.39 is 0 Å². The molecular weight excluding hydrogens is 352 g/mol. The highest BCUT2D eigenvalue weighted by molar-refractivity contribution is 5.25. The van der Waals surface area contributed by atoms with Crippen molar-refractivity contribution in [2.24, 2.45) is 52.3 Å². The Kier molecular flexibility index (Phi) is 6.04. The quantitative estimate of drug-likeness (QED) is 0.470. The van der Waals surface area contributed by atoms with Gasteiger partial charge in [-0.2, -0.15) is 0 Å². The average molecular weight is 401 g/mol. The maximum Gasteiger partial charge on any atom is 0.0577 e. The average Bonchev–Trinajstić information content (AvgIpc) is 3.03. The monoisotopic (exact) mass is 400 g/mol. The van der Waals surface area contributed by atoms with E-state index in [-0.39, 0.29) is 6.10 Å². The summed E-state index contributed by atoms with van der Waals surface area (Å²) in [6.45, 7) is 15.1. The van der Waals surface area contributed by atoms with Crippen molar-refractivity contribution in [1.82, 2.24) is 0 Å². The molecule has 0 aromatic rings. The zero-order valence-electron chi connectivity index (χ0n) is 20.2. The lowest BCUT2D eigenvalue weighted by Crippen LogP contribution is -2.50. The SMILES string of the molecule is CC(C)[C@H](C)CC[C@@H](C)C1CCC2C3CC=C4C[C@@H](O)CC[C@]4(C)C3CC[C@@]21C. The van der Waals surface area contributed by atoms with Gasteiger partial charge in [0, 0.05) is 0 Å². The molecule has 0 radical (unpaired) electrons. The lowest BCUT2D eigenvalue weighted by molar-refractivity contribution is -0.0574. The molecular formula is C28H48O. The Morgan fingerprint density at radius 2 is 1.72 bits per heavy atom. The molecule has 166 valence electrons. The van der Waals surface area contributed by atoms with E-state index in [1.807, 2.05) is 0 Å². The second kappa shape index (κ2) is 7.99. The number of fused-ring (bicyclic) bond motifs is 5. The van der Waals surface area contributed by atoms with Crippen LogP contribution in [-0.2, 0) is 0 Å². The van der Waals surface area contributed by atoms with Crippen molar-refractivity contribution in [1.29, 1.82) is 0 Å². The summed E-state index contributed by atoms with van der Waals surface area (Å²) in [5, 5.41) is 10.2. The van der Waals surface area contributed by atoms with Gasteiger partial charge in [-0.15, -0.1) is 0 Å². The van der Waals surface area contributed by atoms with Gasteiger partial charge in [0.25, 0.3) is 0 Å². The van der Waals surface area contributed by atoms with Crippen LogP contribution in [0, 0.1) is 52.3 Å². The van der Waals surface area contributed by atoms with Gasteiger partial charge < -0.3 is 5.11 Å². The molecule has 1 N–H and O–H groups in total. The fourth-order valence-electron chi connectivity index (χ4n) is 8.68. The smallest absolute Gasteiger partial charge is 0.0577 e. The van der Waals surface area contributed by atoms with Crippen LogP contribution in [0.4, 0.5) is 0 Å². The van der Waals surface area contributed by atoms with Crippen LogP contribution in [0.1, 0.15) is 106 Å². The second-order valence-corrected chi connectivity index (χ2v) is 12.7. The Morgan fingerprint density at radius 3 is 2.45 bits per heavy atom. The van der Waals surface area contributed by atoms with Gasteiger partial charge >= 0.3 is 0 Å². The predicted octanol–water partition coefficient (Wildman–Crippen LogP) is 7.63. The van der Waals surface area contributed by atoms with Crippen LogP contribution < -0.4 is 0 Å². The highest BCUT2D eigenvalue weighted by atomic mass is 16.3. The van der Waals surface area contributed by atoms with Gasteiger partial charge in [0.15, 0.2) is 0 Å². The molecule has 0 amide bonds. The molecule has 9 atom stereocenters. The first kappa shape index (κ1) is 21.9. The Bertz CT molecular complexity index is 620. The van der Waals surface area contributed by atoms with Crippen molar-refractivity contribution in [3.05, 3.63) is 11.6 Å². The van der Waals surface area contributed by atoms with Crippen LogP contribution in [0.25, 0.3) is 0 Å². The summed E-state index contributed by atoms with van der Waals surface area (Å²) >= 11 is 0. The fraction of sp³-hybridized carbons (Fsp3) is 0.929. The van der Waals surface area contributed by atoms with Crippen molar-refractivity contribution in [3.8, 4) is 0 Å². The first-order valence-electron chi connectivity index (χ1n) is 13.0. The second-order valence-electron chi connectivity index (χ2n) is 12.7. The Balaban J connectivity index is 1.49. The van der Waals surface area contributed by atoms with E-state index in [2.05, 4.69) is 47.6 Å². The number of allylic oxidation sites excluding steroid dienone is 1. The Labute approximate surface area is 181 Å². The Hall–Kier alpha value is -0.300. The molecule has 0 bridgehead atoms. The van der Waals surface area contributed by atoms with Gasteiger partial charge in [-0.3, -0.25) is 0 Å². The molecule has 0 aliphatic heterocycles. The van der Waals surface area contributed by atoms with E-state index in [1.54, 1.807) is 5.57 Å². The maximum absolute atomic E-state index is 10.2. The maximum atomic E-state index is 10.2. The number of aliphatic hydroxyl groups is 1. The highest BCUT2D eigenvalue weighted by Crippen LogP contribution is 2.67. The normalized spacial score (nSPS) is 46.5. The third-order valence-corrected chi connectivity index (χ3v) is 11.1. The molecule has 0 aromatic carbocycles. The number of hydrogen-bond donors (Lipinski definition) is 1. The summed E-state index contributed by atoms with van der Waals surface area (Å²) in [5.41, 5.74) is 2.59. The third kappa shape index (κ3) is 3.66. The minimum absolute atomic E-state index is 0.0790. The molecule has 0 aromatic heterocycles. The summed E-state index contributed by atoms with van der Waals surface area (Å²) in [6.07, 6.45) is 15.7. The van der Waals surface area contributed by atoms with Crippen molar-refractivity contribution in [3.63, 3.8) is 0 Å². The van der Waals surface area contributed by atoms with Crippen LogP contribution in [0.3, 0.4) is 0 Å². The molecule has 1 heteroatoms. The van der Waals surface area contributed by atoms with E-state index >= 15 is 0 Å². The minimum Gasteiger partial charge on any atom is -0.393 e. The van der Waals surface area contributed by atoms with E-state index in [0.29, 0.717) is 10.8 Å². The summed E-state index contributed by atoms with van der Waals surface area (Å²) in [4.78, 5) is 0. The third-order valence-electron chi connectivity index (χ3n) is 11.1. The zero-order valence-corrected chi connectivity index (χ0v) is 20.2. The van der Waals surface area contributed by atoms with Crippen LogP contribution in [0.5, 0.6) is 0 Å². The first-order valence-corrected chi connectivity index (χ1v) is 13.0. The minimum atomic E-state index is -0.0790. The van der Waals surface area contributed by atoms with Crippen molar-refractivity contribution in [2.45, 2.75) is 112 Å². The highest BCUT2D eigenvalue weighted by Gasteiger charge is 2.59. The van der Waals surface area contributed by atoms with Gasteiger partial charge in [-0.1, -0.05) is 66.0 Å². The first-order chi connectivity index (χ1) is 13.7. The molecule has 29 heavy (non-hydrogen) atoms. The van der Waals surface area contributed by atoms with Crippen LogP contribution in [-0.4, -0.2) is 11.2 Å². The molecule has 4 aliphatic carbocycles. The summed E-state index contributed by atoms with van der Waals surface area (Å²) in [7, 11) is 0. The van der Waals surface area contributed by atoms with Gasteiger partial charge in [0.1, 0.15) is 0 Å². The van der Waals surface area contributed by atoms with Crippen LogP contribution >= 0.6 is 0 Å². The molecule has 0 heterocycles. The molecule has 3 fully saturated rings. The van der Waals surface area contributed by atoms with Crippen LogP contribution in [0.15, 0.2) is 11.6 Å². The lowest BCUT2D eigenvalue weighted by atomic mass is 9.47. The number of rotatable bonds is 5. The number of aliphatic hydroxyl groups excluding tert-OH is 1. The van der Waals surface area contributed by atoms with Gasteiger partial charge in [-0.05, 0) is 104 Å². The van der Waals surface area contributed by atoms with E-state index in [0.717, 1.165) is 54.3 Å². The van der Waals surface area contributed by atoms with Crippen molar-refractivity contribution in [2.75, 3.05) is 0 Å². The van der Waals surface area contributed by atoms with E-state index in [9.17, 15) is 5.11 Å². The summed E-state index contributed by atoms with van der Waals surface area (Å²) in [6, 6.07) is 0. The topological polar surface area (TPSA) is 20.2 Å². The van der Waals surface area contributed by atoms with Gasteiger partial charge in [0.05, 0.1) is 6.10 Å². The molecule has 3 saturated carbocycles. The fourth-order valence-corrected chi connectivity index (χ4v) is 8.68. The van der Waals surface area contributed by atoms with Crippen molar-refractivity contribution < 1.29 is 5.11 Å². The van der Waals surface area contributed by atoms with E-state index in [1.165, 1.54) is 51.4 Å². The standard InChI is InChI=1S/C28H48O/c1-18(2)19(3)7-8-20(4)24-11-12-25-23-10-9-21-17-22(29)13-15-27(21,5)26(23)14-16-28(24,25)6/h9,18-20,22-26,29H,7-8,10-17H2,1-6H3/t19-,20-,22+,23?,24?,25?,26?,27+,28-/m1/s1.